The van der Waals surface area contributed by atoms with E-state index in [1.807, 2.05) is 0 Å². The molecule has 0 unspecified atom stereocenters. The van der Waals surface area contributed by atoms with Crippen molar-refractivity contribution in [1.29, 1.82) is 0 Å². The predicted molar refractivity (Wildman–Crippen MR) is 99.3 cm³/mol. The van der Waals surface area contributed by atoms with Crippen molar-refractivity contribution in [3.8, 4) is 0 Å². The summed E-state index contributed by atoms with van der Waals surface area (Å²) in [4.78, 5) is 26.6. The van der Waals surface area contributed by atoms with Gasteiger partial charge in [-0.3, -0.25) is 0 Å². The molecule has 0 aliphatic rings. The Morgan fingerprint density at radius 1 is 0.591 bits per heavy atom. The average Bonchev–Trinajstić information content (AvgIpc) is 2.45. The summed E-state index contributed by atoms with van der Waals surface area (Å²) in [7, 11) is -3.77. The normalized spacial score (nSPS) is 13.1. The van der Waals surface area contributed by atoms with Crippen LogP contribution in [-0.2, 0) is 0 Å². The van der Waals surface area contributed by atoms with Gasteiger partial charge in [0, 0.05) is 0 Å². The summed E-state index contributed by atoms with van der Waals surface area (Å²) in [6.45, 7) is 2.26. The molecule has 0 spiro atoms. The summed E-state index contributed by atoms with van der Waals surface area (Å²) in [5, 5.41) is 0. The quantitative estimate of drug-likeness (QED) is 0.198. The van der Waals surface area contributed by atoms with Gasteiger partial charge in [0.05, 0.1) is 0 Å². The van der Waals surface area contributed by atoms with Gasteiger partial charge in [0.2, 0.25) is 0 Å². The van der Waals surface area contributed by atoms with Crippen LogP contribution in [0.5, 0.6) is 0 Å². The van der Waals surface area contributed by atoms with E-state index in [0.717, 1.165) is 19.3 Å². The van der Waals surface area contributed by atoms with E-state index in [1.165, 1.54) is 70.6 Å². The topological polar surface area (TPSA) is 60.7 Å². The monoisotopic (exact) mass is 334 g/mol. The van der Waals surface area contributed by atoms with Crippen molar-refractivity contribution in [1.82, 2.24) is 0 Å². The van der Waals surface area contributed by atoms with Gasteiger partial charge in [-0.15, -0.1) is 0 Å². The molecule has 0 aromatic carbocycles. The van der Waals surface area contributed by atoms with Crippen LogP contribution in [0, 0.1) is 0 Å². The predicted octanol–water partition coefficient (Wildman–Crippen LogP) is 5.50. The Morgan fingerprint density at radius 3 is 1.45 bits per heavy atom. The summed E-state index contributed by atoms with van der Waals surface area (Å²) < 4.78 is 0. The number of allylic oxidation sites excluding steroid dienone is 2. The van der Waals surface area contributed by atoms with Gasteiger partial charge >= 0.3 is 98.7 Å². The van der Waals surface area contributed by atoms with Crippen molar-refractivity contribution in [2.24, 2.45) is 0 Å². The third kappa shape index (κ3) is 20.1. The Labute approximate surface area is 138 Å². The van der Waals surface area contributed by atoms with Crippen LogP contribution in [0.1, 0.15) is 96.8 Å². The van der Waals surface area contributed by atoms with Gasteiger partial charge in [-0.25, -0.2) is 0 Å². The molecule has 134 valence electrons. The Kier molecular flexibility index (Phi) is 16.0. The second kappa shape index (κ2) is 15.9. The summed E-state index contributed by atoms with van der Waals surface area (Å²) in [6.07, 6.45) is 22.1. The van der Waals surface area contributed by atoms with Crippen molar-refractivity contribution >= 4 is 7.94 Å². The molecule has 4 heteroatoms. The van der Waals surface area contributed by atoms with Crippen molar-refractivity contribution in [2.75, 3.05) is 6.16 Å². The fraction of sp³-hybridized carbons (Fsp3) is 0.889. The van der Waals surface area contributed by atoms with Crippen LogP contribution >= 0.6 is 7.94 Å². The first kappa shape index (κ1) is 22.1. The minimum atomic E-state index is -3.77. The molecule has 22 heavy (non-hydrogen) atoms. The molecular weight excluding hydrogens is 295 g/mol. The van der Waals surface area contributed by atoms with E-state index in [0.29, 0.717) is 0 Å². The number of rotatable bonds is 16. The maximum absolute atomic E-state index is 8.88. The van der Waals surface area contributed by atoms with Crippen LogP contribution in [-0.4, -0.2) is 20.8 Å². The summed E-state index contributed by atoms with van der Waals surface area (Å²) in [5.41, 5.74) is 0. The van der Waals surface area contributed by atoms with Gasteiger partial charge < -0.3 is 0 Å². The van der Waals surface area contributed by atoms with Crippen LogP contribution in [0.25, 0.3) is 0 Å². The fourth-order valence-corrected chi connectivity index (χ4v) is 3.33. The molecular formula is C18H39O3P. The van der Waals surface area contributed by atoms with E-state index in [2.05, 4.69) is 19.1 Å². The zero-order chi connectivity index (χ0) is 16.5. The van der Waals surface area contributed by atoms with Crippen LogP contribution in [0.15, 0.2) is 12.2 Å². The first-order valence-corrected chi connectivity index (χ1v) is 11.4. The molecule has 0 saturated carbocycles. The summed E-state index contributed by atoms with van der Waals surface area (Å²) in [6, 6.07) is 0. The Bertz CT molecular complexity index is 249. The van der Waals surface area contributed by atoms with Crippen LogP contribution < -0.4 is 0 Å². The molecule has 3 N–H and O–H groups in total. The molecule has 0 aromatic rings. The molecule has 0 aliphatic heterocycles. The average molecular weight is 334 g/mol. The number of hydrogen-bond donors (Lipinski definition) is 3. The number of hydrogen-bond acceptors (Lipinski definition) is 3. The molecule has 0 amide bonds. The Balaban J connectivity index is 3.11. The fourth-order valence-electron chi connectivity index (χ4n) is 2.61. The molecule has 0 heterocycles. The van der Waals surface area contributed by atoms with E-state index in [-0.39, 0.29) is 6.16 Å². The molecule has 0 aromatic heterocycles. The van der Waals surface area contributed by atoms with E-state index < -0.39 is 7.94 Å². The third-order valence-electron chi connectivity index (χ3n) is 4.02. The summed E-state index contributed by atoms with van der Waals surface area (Å²) in [5.74, 6) is 0. The second-order valence-electron chi connectivity index (χ2n) is 6.46. The first-order chi connectivity index (χ1) is 10.6. The van der Waals surface area contributed by atoms with Crippen molar-refractivity contribution < 1.29 is 14.7 Å². The van der Waals surface area contributed by atoms with E-state index in [1.54, 1.807) is 0 Å². The van der Waals surface area contributed by atoms with Gasteiger partial charge in [-0.1, -0.05) is 39.0 Å². The molecule has 0 atom stereocenters. The Morgan fingerprint density at radius 2 is 1.00 bits per heavy atom. The van der Waals surface area contributed by atoms with Crippen LogP contribution in [0.2, 0.25) is 0 Å². The third-order valence-corrected chi connectivity index (χ3v) is 5.05. The molecule has 0 saturated heterocycles. The van der Waals surface area contributed by atoms with Crippen LogP contribution in [0.4, 0.5) is 0 Å². The molecule has 3 nitrogen and oxygen atoms in total. The molecule has 0 fully saturated rings. The zero-order valence-corrected chi connectivity index (χ0v) is 15.6. The molecule has 0 bridgehead atoms. The van der Waals surface area contributed by atoms with Crippen LogP contribution in [0.3, 0.4) is 0 Å². The van der Waals surface area contributed by atoms with Gasteiger partial charge in [-0.2, -0.15) is 0 Å². The molecule has 0 rings (SSSR count). The van der Waals surface area contributed by atoms with Gasteiger partial charge in [0.15, 0.2) is 0 Å². The van der Waals surface area contributed by atoms with Gasteiger partial charge in [0.25, 0.3) is 0 Å². The standard InChI is InChI=1S/C18H39O3P/c1-2-3-4-5-6-7-8-9-10-11-12-13-14-15-16-17-18-22(19,20)21/h9-10,19-22H,2-8,11-18H2,1H3. The SMILES string of the molecule is CCCCCCCCC=CCCCCCCCC[PH](O)(O)O. The zero-order valence-electron chi connectivity index (χ0n) is 14.6. The van der Waals surface area contributed by atoms with Gasteiger partial charge in [-0.05, 0) is 0 Å². The van der Waals surface area contributed by atoms with Crippen molar-refractivity contribution in [3.05, 3.63) is 12.2 Å². The Hall–Kier alpha value is 0.0500. The second-order valence-corrected chi connectivity index (χ2v) is 8.51. The van der Waals surface area contributed by atoms with E-state index in [9.17, 15) is 0 Å². The van der Waals surface area contributed by atoms with Gasteiger partial charge in [0.1, 0.15) is 0 Å². The van der Waals surface area contributed by atoms with E-state index >= 15 is 0 Å². The maximum atomic E-state index is 8.88. The van der Waals surface area contributed by atoms with Crippen molar-refractivity contribution in [2.45, 2.75) is 96.8 Å². The number of unbranched alkanes of at least 4 members (excludes halogenated alkanes) is 12. The first-order valence-electron chi connectivity index (χ1n) is 9.38. The van der Waals surface area contributed by atoms with E-state index in [4.69, 9.17) is 14.7 Å². The van der Waals surface area contributed by atoms with Crippen molar-refractivity contribution in [3.63, 3.8) is 0 Å². The summed E-state index contributed by atoms with van der Waals surface area (Å²) >= 11 is 0. The molecule has 0 aliphatic carbocycles. The molecule has 0 radical (unpaired) electrons. The minimum absolute atomic E-state index is 0.189.